The number of hydrogen-bond acceptors (Lipinski definition) is 2. The molecule has 2 heteroatoms. The number of rotatable bonds is 4. The topological polar surface area (TPSA) is 26.3 Å². The van der Waals surface area contributed by atoms with E-state index < -0.39 is 0 Å². The van der Waals surface area contributed by atoms with Crippen LogP contribution in [0.5, 0.6) is 0 Å². The summed E-state index contributed by atoms with van der Waals surface area (Å²) in [5.74, 6) is -0.313. The van der Waals surface area contributed by atoms with Crippen LogP contribution in [0.15, 0.2) is 61.2 Å². The molecular weight excluding hydrogens is 236 g/mol. The summed E-state index contributed by atoms with van der Waals surface area (Å²) >= 11 is 0. The maximum atomic E-state index is 12.0. The van der Waals surface area contributed by atoms with E-state index in [2.05, 4.69) is 6.58 Å². The second-order valence-corrected chi connectivity index (χ2v) is 4.28. The number of carbonyl (C=O) groups excluding carboxylic acids is 1. The lowest BCUT2D eigenvalue weighted by Gasteiger charge is -2.13. The number of esters is 1. The van der Waals surface area contributed by atoms with Gasteiger partial charge in [-0.05, 0) is 30.2 Å². The molecule has 0 bridgehead atoms. The van der Waals surface area contributed by atoms with E-state index in [1.54, 1.807) is 18.2 Å². The monoisotopic (exact) mass is 252 g/mol. The average molecular weight is 252 g/mol. The van der Waals surface area contributed by atoms with Crippen molar-refractivity contribution in [3.8, 4) is 0 Å². The fourth-order valence-electron chi connectivity index (χ4n) is 1.78. The molecule has 0 saturated carbocycles. The largest absolute Gasteiger partial charge is 0.454 e. The molecule has 0 aliphatic heterocycles. The zero-order valence-corrected chi connectivity index (χ0v) is 10.9. The van der Waals surface area contributed by atoms with Crippen LogP contribution in [-0.4, -0.2) is 5.97 Å². The van der Waals surface area contributed by atoms with E-state index in [1.165, 1.54) is 0 Å². The molecule has 2 rings (SSSR count). The molecule has 0 radical (unpaired) electrons. The van der Waals surface area contributed by atoms with Crippen molar-refractivity contribution in [2.45, 2.75) is 13.0 Å². The Morgan fingerprint density at radius 1 is 1.11 bits per heavy atom. The number of carbonyl (C=O) groups is 1. The van der Waals surface area contributed by atoms with Crippen molar-refractivity contribution in [1.29, 1.82) is 0 Å². The highest BCUT2D eigenvalue weighted by Gasteiger charge is 2.12. The molecule has 2 nitrogen and oxygen atoms in total. The highest BCUT2D eigenvalue weighted by Crippen LogP contribution is 2.18. The van der Waals surface area contributed by atoms with E-state index in [0.717, 1.165) is 11.1 Å². The van der Waals surface area contributed by atoms with Gasteiger partial charge in [-0.3, -0.25) is 0 Å². The highest BCUT2D eigenvalue weighted by molar-refractivity contribution is 5.89. The molecule has 0 amide bonds. The molecular formula is C17H16O2. The zero-order chi connectivity index (χ0) is 13.7. The smallest absolute Gasteiger partial charge is 0.338 e. The lowest BCUT2D eigenvalue weighted by atomic mass is 10.1. The third-order valence-electron chi connectivity index (χ3n) is 2.93. The molecule has 2 aromatic carbocycles. The van der Waals surface area contributed by atoms with Gasteiger partial charge in [0.1, 0.15) is 6.10 Å². The summed E-state index contributed by atoms with van der Waals surface area (Å²) in [6.07, 6.45) is 1.48. The van der Waals surface area contributed by atoms with Gasteiger partial charge in [-0.15, -0.1) is 0 Å². The first-order chi connectivity index (χ1) is 9.20. The molecule has 96 valence electrons. The summed E-state index contributed by atoms with van der Waals surface area (Å²) < 4.78 is 5.43. The highest BCUT2D eigenvalue weighted by atomic mass is 16.5. The molecule has 0 aliphatic carbocycles. The van der Waals surface area contributed by atoms with Crippen LogP contribution < -0.4 is 0 Å². The van der Waals surface area contributed by atoms with E-state index in [9.17, 15) is 4.79 Å². The SMILES string of the molecule is C=Cc1ccc(C(=O)OC(C)c2ccccc2)cc1. The molecule has 0 aliphatic rings. The molecule has 0 fully saturated rings. The van der Waals surface area contributed by atoms with Crippen LogP contribution in [-0.2, 0) is 4.74 Å². The molecule has 2 aromatic rings. The quantitative estimate of drug-likeness (QED) is 0.760. The number of ether oxygens (including phenoxy) is 1. The fraction of sp³-hybridized carbons (Fsp3) is 0.118. The van der Waals surface area contributed by atoms with Crippen molar-refractivity contribution >= 4 is 12.0 Å². The maximum Gasteiger partial charge on any atom is 0.338 e. The Morgan fingerprint density at radius 2 is 1.74 bits per heavy atom. The van der Waals surface area contributed by atoms with Crippen LogP contribution in [0, 0.1) is 0 Å². The van der Waals surface area contributed by atoms with E-state index in [1.807, 2.05) is 49.4 Å². The van der Waals surface area contributed by atoms with Crippen molar-refractivity contribution in [2.24, 2.45) is 0 Å². The van der Waals surface area contributed by atoms with Gasteiger partial charge in [0.2, 0.25) is 0 Å². The Kier molecular flexibility index (Phi) is 4.14. The van der Waals surface area contributed by atoms with E-state index >= 15 is 0 Å². The molecule has 0 N–H and O–H groups in total. The molecule has 1 unspecified atom stereocenters. The van der Waals surface area contributed by atoms with Gasteiger partial charge in [-0.1, -0.05) is 55.1 Å². The fourth-order valence-corrected chi connectivity index (χ4v) is 1.78. The molecule has 1 atom stereocenters. The van der Waals surface area contributed by atoms with Crippen LogP contribution in [0.2, 0.25) is 0 Å². The minimum Gasteiger partial charge on any atom is -0.454 e. The van der Waals surface area contributed by atoms with Crippen molar-refractivity contribution < 1.29 is 9.53 Å². The second-order valence-electron chi connectivity index (χ2n) is 4.28. The van der Waals surface area contributed by atoms with E-state index in [4.69, 9.17) is 4.74 Å². The average Bonchev–Trinajstić information content (AvgIpc) is 2.48. The normalized spacial score (nSPS) is 11.6. The van der Waals surface area contributed by atoms with Gasteiger partial charge < -0.3 is 4.74 Å². The Labute approximate surface area is 113 Å². The predicted octanol–water partition coefficient (Wildman–Crippen LogP) is 4.25. The summed E-state index contributed by atoms with van der Waals surface area (Å²) in [7, 11) is 0. The molecule has 0 aromatic heterocycles. The van der Waals surface area contributed by atoms with E-state index in [0.29, 0.717) is 5.56 Å². The van der Waals surface area contributed by atoms with Crippen LogP contribution >= 0.6 is 0 Å². The summed E-state index contributed by atoms with van der Waals surface area (Å²) in [6.45, 7) is 5.54. The first-order valence-electron chi connectivity index (χ1n) is 6.19. The standard InChI is InChI=1S/C17H16O2/c1-3-14-9-11-16(12-10-14)17(18)19-13(2)15-7-5-4-6-8-15/h3-13H,1H2,2H3. The number of benzene rings is 2. The molecule has 0 heterocycles. The lowest BCUT2D eigenvalue weighted by molar-refractivity contribution is 0.0338. The van der Waals surface area contributed by atoms with Gasteiger partial charge in [0.15, 0.2) is 0 Å². The van der Waals surface area contributed by atoms with Crippen molar-refractivity contribution in [2.75, 3.05) is 0 Å². The molecule has 19 heavy (non-hydrogen) atoms. The van der Waals surface area contributed by atoms with Gasteiger partial charge in [0.05, 0.1) is 5.56 Å². The minimum absolute atomic E-state index is 0.257. The Hall–Kier alpha value is -2.35. The Balaban J connectivity index is 2.06. The van der Waals surface area contributed by atoms with Crippen molar-refractivity contribution in [3.63, 3.8) is 0 Å². The maximum absolute atomic E-state index is 12.0. The second kappa shape index (κ2) is 6.01. The first kappa shape index (κ1) is 13.1. The lowest BCUT2D eigenvalue weighted by Crippen LogP contribution is -2.09. The first-order valence-corrected chi connectivity index (χ1v) is 6.19. The summed E-state index contributed by atoms with van der Waals surface area (Å²) in [4.78, 5) is 12.0. The predicted molar refractivity (Wildman–Crippen MR) is 76.8 cm³/mol. The zero-order valence-electron chi connectivity index (χ0n) is 10.9. The van der Waals surface area contributed by atoms with Crippen molar-refractivity contribution in [3.05, 3.63) is 77.9 Å². The van der Waals surface area contributed by atoms with Gasteiger partial charge in [0, 0.05) is 0 Å². The van der Waals surface area contributed by atoms with Gasteiger partial charge in [-0.25, -0.2) is 4.79 Å². The summed E-state index contributed by atoms with van der Waals surface area (Å²) in [6, 6.07) is 16.9. The van der Waals surface area contributed by atoms with Crippen LogP contribution in [0.4, 0.5) is 0 Å². The van der Waals surface area contributed by atoms with Gasteiger partial charge in [0.25, 0.3) is 0 Å². The van der Waals surface area contributed by atoms with Gasteiger partial charge >= 0.3 is 5.97 Å². The summed E-state index contributed by atoms with van der Waals surface area (Å²) in [5.41, 5.74) is 2.51. The third kappa shape index (κ3) is 3.32. The minimum atomic E-state index is -0.313. The van der Waals surface area contributed by atoms with Crippen LogP contribution in [0.25, 0.3) is 6.08 Å². The Bertz CT molecular complexity index is 556. The van der Waals surface area contributed by atoms with Crippen molar-refractivity contribution in [1.82, 2.24) is 0 Å². The van der Waals surface area contributed by atoms with Crippen LogP contribution in [0.3, 0.4) is 0 Å². The van der Waals surface area contributed by atoms with E-state index in [-0.39, 0.29) is 12.1 Å². The van der Waals surface area contributed by atoms with Crippen LogP contribution in [0.1, 0.15) is 34.5 Å². The summed E-state index contributed by atoms with van der Waals surface area (Å²) in [5, 5.41) is 0. The van der Waals surface area contributed by atoms with Gasteiger partial charge in [-0.2, -0.15) is 0 Å². The number of hydrogen-bond donors (Lipinski definition) is 0. The Morgan fingerprint density at radius 3 is 2.32 bits per heavy atom. The molecule has 0 saturated heterocycles. The molecule has 0 spiro atoms. The third-order valence-corrected chi connectivity index (χ3v) is 2.93.